The summed E-state index contributed by atoms with van der Waals surface area (Å²) in [5.41, 5.74) is 0.608. The third-order valence-corrected chi connectivity index (χ3v) is 4.64. The van der Waals surface area contributed by atoms with Gasteiger partial charge in [-0.2, -0.15) is 0 Å². The number of carboxylic acids is 1. The molecular weight excluding hydrogens is 318 g/mol. The molecule has 0 bridgehead atoms. The van der Waals surface area contributed by atoms with E-state index >= 15 is 0 Å². The molecule has 23 heavy (non-hydrogen) atoms. The molecule has 0 atom stereocenters. The van der Waals surface area contributed by atoms with Gasteiger partial charge in [-0.1, -0.05) is 24.3 Å². The normalized spacial score (nSPS) is 11.0. The lowest BCUT2D eigenvalue weighted by molar-refractivity contribution is 0.0697. The van der Waals surface area contributed by atoms with Crippen LogP contribution in [-0.4, -0.2) is 25.3 Å². The second-order valence-corrected chi connectivity index (χ2v) is 6.67. The summed E-state index contributed by atoms with van der Waals surface area (Å²) in [6.07, 6.45) is 0. The van der Waals surface area contributed by atoms with Crippen molar-refractivity contribution in [3.05, 3.63) is 59.2 Å². The van der Waals surface area contributed by atoms with Crippen molar-refractivity contribution in [1.82, 2.24) is 0 Å². The van der Waals surface area contributed by atoms with Crippen LogP contribution < -0.4 is 4.72 Å². The van der Waals surface area contributed by atoms with E-state index in [1.807, 2.05) is 0 Å². The van der Waals surface area contributed by atoms with Crippen LogP contribution in [0.5, 0.6) is 0 Å². The molecule has 0 fully saturated rings. The van der Waals surface area contributed by atoms with Gasteiger partial charge in [-0.15, -0.1) is 0 Å². The molecule has 120 valence electrons. The van der Waals surface area contributed by atoms with E-state index in [4.69, 9.17) is 0 Å². The van der Waals surface area contributed by atoms with Gasteiger partial charge in [0.1, 0.15) is 0 Å². The van der Waals surface area contributed by atoms with Gasteiger partial charge in [-0.25, -0.2) is 13.2 Å². The molecule has 2 aromatic carbocycles. The standard InChI is InChI=1S/C16H15NO5S/c1-10-5-3-8-14(16(19)20)15(10)17-23(21,22)13-7-4-6-12(9-13)11(2)18/h3-9,17H,1-2H3,(H,19,20). The predicted molar refractivity (Wildman–Crippen MR) is 85.4 cm³/mol. The fraction of sp³-hybridized carbons (Fsp3) is 0.125. The summed E-state index contributed by atoms with van der Waals surface area (Å²) in [6, 6.07) is 10.0. The summed E-state index contributed by atoms with van der Waals surface area (Å²) in [6.45, 7) is 2.94. The molecular formula is C16H15NO5S. The SMILES string of the molecule is CC(=O)c1cccc(S(=O)(=O)Nc2c(C)cccc2C(=O)O)c1. The molecule has 0 aliphatic carbocycles. The van der Waals surface area contributed by atoms with Gasteiger partial charge in [-0.05, 0) is 37.6 Å². The largest absolute Gasteiger partial charge is 0.478 e. The summed E-state index contributed by atoms with van der Waals surface area (Å²) in [7, 11) is -4.01. The zero-order valence-electron chi connectivity index (χ0n) is 12.5. The highest BCUT2D eigenvalue weighted by Crippen LogP contribution is 2.24. The van der Waals surface area contributed by atoms with E-state index < -0.39 is 16.0 Å². The van der Waals surface area contributed by atoms with Crippen LogP contribution in [0.4, 0.5) is 5.69 Å². The molecule has 0 spiro atoms. The van der Waals surface area contributed by atoms with E-state index in [2.05, 4.69) is 4.72 Å². The van der Waals surface area contributed by atoms with Crippen molar-refractivity contribution in [1.29, 1.82) is 0 Å². The highest BCUT2D eigenvalue weighted by atomic mass is 32.2. The van der Waals surface area contributed by atoms with Gasteiger partial charge in [0.25, 0.3) is 10.0 Å². The molecule has 0 heterocycles. The van der Waals surface area contributed by atoms with Crippen molar-refractivity contribution < 1.29 is 23.1 Å². The van der Waals surface area contributed by atoms with E-state index in [9.17, 15) is 23.1 Å². The molecule has 6 nitrogen and oxygen atoms in total. The van der Waals surface area contributed by atoms with Crippen molar-refractivity contribution in [3.8, 4) is 0 Å². The first-order valence-corrected chi connectivity index (χ1v) is 8.17. The fourth-order valence-electron chi connectivity index (χ4n) is 2.06. The second-order valence-electron chi connectivity index (χ2n) is 4.99. The first-order chi connectivity index (χ1) is 10.7. The molecule has 0 aliphatic heterocycles. The molecule has 0 saturated heterocycles. The van der Waals surface area contributed by atoms with Crippen molar-refractivity contribution in [2.45, 2.75) is 18.7 Å². The minimum absolute atomic E-state index is 0.00762. The van der Waals surface area contributed by atoms with Crippen molar-refractivity contribution in [2.75, 3.05) is 4.72 Å². The number of benzene rings is 2. The Hall–Kier alpha value is -2.67. The molecule has 0 amide bonds. The van der Waals surface area contributed by atoms with Gasteiger partial charge >= 0.3 is 5.97 Å². The van der Waals surface area contributed by atoms with Crippen LogP contribution in [0.3, 0.4) is 0 Å². The molecule has 0 unspecified atom stereocenters. The Labute approximate surface area is 133 Å². The number of para-hydroxylation sites is 1. The lowest BCUT2D eigenvalue weighted by Gasteiger charge is -2.13. The van der Waals surface area contributed by atoms with E-state index in [1.54, 1.807) is 13.0 Å². The summed E-state index contributed by atoms with van der Waals surface area (Å²) >= 11 is 0. The molecule has 2 N–H and O–H groups in total. The number of ketones is 1. The zero-order valence-corrected chi connectivity index (χ0v) is 13.3. The minimum atomic E-state index is -4.01. The van der Waals surface area contributed by atoms with E-state index in [0.29, 0.717) is 5.56 Å². The number of carbonyl (C=O) groups is 2. The van der Waals surface area contributed by atoms with Gasteiger partial charge in [0.15, 0.2) is 5.78 Å². The molecule has 0 aliphatic rings. The Bertz CT molecular complexity index is 887. The Morgan fingerprint density at radius 1 is 1.09 bits per heavy atom. The van der Waals surface area contributed by atoms with Crippen LogP contribution in [0.15, 0.2) is 47.4 Å². The maximum atomic E-state index is 12.5. The zero-order chi connectivity index (χ0) is 17.2. The average Bonchev–Trinajstić information content (AvgIpc) is 2.49. The highest BCUT2D eigenvalue weighted by molar-refractivity contribution is 7.92. The third kappa shape index (κ3) is 3.57. The van der Waals surface area contributed by atoms with Crippen molar-refractivity contribution >= 4 is 27.5 Å². The van der Waals surface area contributed by atoms with Crippen LogP contribution in [0.2, 0.25) is 0 Å². The van der Waals surface area contributed by atoms with E-state index in [1.165, 1.54) is 43.3 Å². The summed E-state index contributed by atoms with van der Waals surface area (Å²) in [4.78, 5) is 22.5. The maximum absolute atomic E-state index is 12.5. The van der Waals surface area contributed by atoms with Gasteiger partial charge < -0.3 is 5.11 Å². The Morgan fingerprint density at radius 2 is 1.74 bits per heavy atom. The number of hydrogen-bond acceptors (Lipinski definition) is 4. The number of aryl methyl sites for hydroxylation is 1. The Balaban J connectivity index is 2.50. The van der Waals surface area contributed by atoms with E-state index in [0.717, 1.165) is 0 Å². The van der Waals surface area contributed by atoms with Crippen LogP contribution in [0.25, 0.3) is 0 Å². The Kier molecular flexibility index (Phi) is 4.51. The molecule has 2 aromatic rings. The lowest BCUT2D eigenvalue weighted by Crippen LogP contribution is -2.17. The monoisotopic (exact) mass is 333 g/mol. The van der Waals surface area contributed by atoms with Crippen LogP contribution >= 0.6 is 0 Å². The number of sulfonamides is 1. The maximum Gasteiger partial charge on any atom is 0.337 e. The number of hydrogen-bond donors (Lipinski definition) is 2. The summed E-state index contributed by atoms with van der Waals surface area (Å²) in [5, 5.41) is 9.19. The first-order valence-electron chi connectivity index (χ1n) is 6.69. The van der Waals surface area contributed by atoms with Crippen molar-refractivity contribution in [3.63, 3.8) is 0 Å². The smallest absolute Gasteiger partial charge is 0.337 e. The van der Waals surface area contributed by atoms with Crippen LogP contribution in [0.1, 0.15) is 33.2 Å². The third-order valence-electron chi connectivity index (χ3n) is 3.29. The minimum Gasteiger partial charge on any atom is -0.478 e. The lowest BCUT2D eigenvalue weighted by atomic mass is 10.1. The second kappa shape index (κ2) is 6.21. The Morgan fingerprint density at radius 3 is 2.35 bits per heavy atom. The fourth-order valence-corrected chi connectivity index (χ4v) is 3.25. The first kappa shape index (κ1) is 16.7. The topological polar surface area (TPSA) is 101 Å². The predicted octanol–water partition coefficient (Wildman–Crippen LogP) is 2.70. The van der Waals surface area contributed by atoms with Crippen LogP contribution in [0, 0.1) is 6.92 Å². The molecule has 2 rings (SSSR count). The number of Topliss-reactive ketones (excluding diaryl/α,β-unsaturated/α-hetero) is 1. The number of nitrogens with one attached hydrogen (secondary N) is 1. The van der Waals surface area contributed by atoms with Gasteiger partial charge in [-0.3, -0.25) is 9.52 Å². The van der Waals surface area contributed by atoms with Gasteiger partial charge in [0.2, 0.25) is 0 Å². The number of rotatable bonds is 5. The number of anilines is 1. The van der Waals surface area contributed by atoms with Crippen LogP contribution in [-0.2, 0) is 10.0 Å². The number of carbonyl (C=O) groups excluding carboxylic acids is 1. The number of carboxylic acid groups (broad SMARTS) is 1. The summed E-state index contributed by atoms with van der Waals surface area (Å²) in [5.74, 6) is -1.49. The number of aromatic carboxylic acids is 1. The van der Waals surface area contributed by atoms with Gasteiger partial charge in [0, 0.05) is 5.56 Å². The quantitative estimate of drug-likeness (QED) is 0.819. The highest BCUT2D eigenvalue weighted by Gasteiger charge is 2.20. The molecule has 0 saturated carbocycles. The van der Waals surface area contributed by atoms with Gasteiger partial charge in [0.05, 0.1) is 16.1 Å². The molecule has 7 heteroatoms. The summed E-state index contributed by atoms with van der Waals surface area (Å²) < 4.78 is 27.3. The van der Waals surface area contributed by atoms with E-state index in [-0.39, 0.29) is 27.5 Å². The molecule has 0 radical (unpaired) electrons. The van der Waals surface area contributed by atoms with Crippen molar-refractivity contribution in [2.24, 2.45) is 0 Å². The average molecular weight is 333 g/mol. The molecule has 0 aromatic heterocycles.